The second-order valence-corrected chi connectivity index (χ2v) is 5.18. The van der Waals surface area contributed by atoms with E-state index in [1.807, 2.05) is 20.8 Å². The molecule has 1 aliphatic heterocycles. The standard InChI is InChI=1S/C11H18N2O3.W/c1-11(2,3)7-6-9(15)13(10(7)16)5-4-8(12)14;/h7H,4-6H2,1-3H3,(H2,12,14);/p-1. The van der Waals surface area contributed by atoms with Crippen molar-refractivity contribution in [2.24, 2.45) is 11.3 Å². The first-order valence-electron chi connectivity index (χ1n) is 5.32. The van der Waals surface area contributed by atoms with Crippen LogP contribution in [0, 0.1) is 11.3 Å². The van der Waals surface area contributed by atoms with Crippen molar-refractivity contribution in [3.8, 4) is 0 Å². The Hall–Kier alpha value is -0.702. The van der Waals surface area contributed by atoms with Gasteiger partial charge in [0.15, 0.2) is 0 Å². The van der Waals surface area contributed by atoms with Crippen molar-refractivity contribution in [2.45, 2.75) is 33.6 Å². The summed E-state index contributed by atoms with van der Waals surface area (Å²) in [5.74, 6) is -1.49. The molecule has 1 fully saturated rings. The van der Waals surface area contributed by atoms with Crippen molar-refractivity contribution in [3.63, 3.8) is 0 Å². The summed E-state index contributed by atoms with van der Waals surface area (Å²) in [5, 5.41) is 0. The van der Waals surface area contributed by atoms with Gasteiger partial charge in [0.25, 0.3) is 0 Å². The van der Waals surface area contributed by atoms with E-state index < -0.39 is 5.91 Å². The van der Waals surface area contributed by atoms with Crippen molar-refractivity contribution in [2.75, 3.05) is 6.54 Å². The number of carbonyl (C=O) groups excluding carboxylic acids is 3. The maximum atomic E-state index is 11.9. The van der Waals surface area contributed by atoms with E-state index in [1.54, 1.807) is 0 Å². The van der Waals surface area contributed by atoms with Gasteiger partial charge in [0, 0.05) is 40.5 Å². The molecule has 0 saturated carbocycles. The largest absolute Gasteiger partial charge is 0.668 e. The third-order valence-electron chi connectivity index (χ3n) is 2.85. The van der Waals surface area contributed by atoms with Crippen molar-refractivity contribution in [1.82, 2.24) is 4.90 Å². The van der Waals surface area contributed by atoms with Crippen LogP contribution in [0.15, 0.2) is 0 Å². The minimum absolute atomic E-state index is 0. The van der Waals surface area contributed by atoms with Gasteiger partial charge < -0.3 is 10.5 Å². The van der Waals surface area contributed by atoms with E-state index in [2.05, 4.69) is 0 Å². The number of rotatable bonds is 3. The zero-order chi connectivity index (χ0) is 12.5. The van der Waals surface area contributed by atoms with Gasteiger partial charge in [-0.05, 0) is 5.41 Å². The normalized spacial score (nSPS) is 20.4. The van der Waals surface area contributed by atoms with Crippen LogP contribution in [0.4, 0.5) is 0 Å². The van der Waals surface area contributed by atoms with Crippen molar-refractivity contribution in [1.29, 1.82) is 0 Å². The van der Waals surface area contributed by atoms with Crippen molar-refractivity contribution < 1.29 is 35.4 Å². The number of amides is 3. The van der Waals surface area contributed by atoms with Crippen LogP contribution in [-0.4, -0.2) is 29.2 Å². The zero-order valence-corrected chi connectivity index (χ0v) is 13.2. The summed E-state index contributed by atoms with van der Waals surface area (Å²) in [6.07, 6.45) is 0.142. The number of imide groups is 1. The fraction of sp³-hybridized carbons (Fsp3) is 0.727. The van der Waals surface area contributed by atoms with Crippen LogP contribution in [0.25, 0.3) is 5.73 Å². The molecule has 96 valence electrons. The molecular weight excluding hydrogens is 392 g/mol. The summed E-state index contributed by atoms with van der Waals surface area (Å²) in [5.41, 5.74) is 6.51. The Morgan fingerprint density at radius 3 is 2.29 bits per heavy atom. The van der Waals surface area contributed by atoms with Crippen LogP contribution in [0.3, 0.4) is 0 Å². The number of nitrogens with zero attached hydrogens (tertiary/aromatic N) is 1. The molecule has 0 aromatic carbocycles. The Labute approximate surface area is 115 Å². The van der Waals surface area contributed by atoms with Gasteiger partial charge in [0.05, 0.1) is 11.8 Å². The van der Waals surface area contributed by atoms with Crippen LogP contribution >= 0.6 is 0 Å². The summed E-state index contributed by atoms with van der Waals surface area (Å²) < 4.78 is 0. The summed E-state index contributed by atoms with van der Waals surface area (Å²) >= 11 is 0. The van der Waals surface area contributed by atoms with E-state index in [-0.39, 0.29) is 63.6 Å². The van der Waals surface area contributed by atoms with Gasteiger partial charge in [-0.1, -0.05) is 20.8 Å². The van der Waals surface area contributed by atoms with E-state index in [0.29, 0.717) is 0 Å². The molecule has 1 atom stereocenters. The molecule has 1 aliphatic rings. The van der Waals surface area contributed by atoms with E-state index in [9.17, 15) is 14.4 Å². The minimum atomic E-state index is -0.750. The van der Waals surface area contributed by atoms with E-state index in [1.165, 1.54) is 0 Å². The molecule has 1 heterocycles. The van der Waals surface area contributed by atoms with Crippen LogP contribution < -0.4 is 0 Å². The third-order valence-corrected chi connectivity index (χ3v) is 2.85. The topological polar surface area (TPSA) is 78.2 Å². The molecule has 0 spiro atoms. The Morgan fingerprint density at radius 2 is 1.94 bits per heavy atom. The molecule has 1 saturated heterocycles. The molecule has 0 aromatic rings. The Balaban J connectivity index is 0.00000256. The fourth-order valence-corrected chi connectivity index (χ4v) is 1.81. The molecule has 0 aliphatic carbocycles. The second-order valence-electron chi connectivity index (χ2n) is 5.18. The molecule has 17 heavy (non-hydrogen) atoms. The first-order valence-corrected chi connectivity index (χ1v) is 5.32. The number of hydrogen-bond donors (Lipinski definition) is 0. The number of nitrogens with one attached hydrogen (secondary N) is 1. The maximum Gasteiger partial charge on any atom is 0.233 e. The number of hydrogen-bond acceptors (Lipinski definition) is 3. The maximum absolute atomic E-state index is 11.9. The van der Waals surface area contributed by atoms with Crippen LogP contribution in [0.1, 0.15) is 33.6 Å². The third kappa shape index (κ3) is 3.91. The molecule has 1 N–H and O–H groups in total. The molecule has 0 radical (unpaired) electrons. The first-order chi connectivity index (χ1) is 7.23. The van der Waals surface area contributed by atoms with E-state index in [0.717, 1.165) is 4.90 Å². The van der Waals surface area contributed by atoms with E-state index >= 15 is 0 Å². The second kappa shape index (κ2) is 5.76. The Bertz CT molecular complexity index is 336. The predicted molar refractivity (Wildman–Crippen MR) is 58.2 cm³/mol. The van der Waals surface area contributed by atoms with Gasteiger partial charge in [-0.25, -0.2) is 0 Å². The molecule has 0 bridgehead atoms. The van der Waals surface area contributed by atoms with Gasteiger partial charge in [0.2, 0.25) is 11.8 Å². The average Bonchev–Trinajstić information content (AvgIpc) is 2.38. The average molecular weight is 409 g/mol. The monoisotopic (exact) mass is 409 g/mol. The molecular formula is C11H17N2O3W-. The number of carbonyl (C=O) groups is 3. The molecule has 5 nitrogen and oxygen atoms in total. The van der Waals surface area contributed by atoms with Crippen molar-refractivity contribution >= 4 is 17.7 Å². The van der Waals surface area contributed by atoms with Gasteiger partial charge in [0.1, 0.15) is 0 Å². The molecule has 3 amide bonds. The predicted octanol–water partition coefficient (Wildman–Crippen LogP) is 1.37. The molecule has 6 heteroatoms. The quantitative estimate of drug-likeness (QED) is 0.661. The van der Waals surface area contributed by atoms with Crippen molar-refractivity contribution in [3.05, 3.63) is 5.73 Å². The van der Waals surface area contributed by atoms with Crippen LogP contribution in [0.2, 0.25) is 0 Å². The molecule has 1 unspecified atom stereocenters. The zero-order valence-electron chi connectivity index (χ0n) is 10.3. The molecule has 0 aromatic heterocycles. The summed E-state index contributed by atoms with van der Waals surface area (Å²) in [7, 11) is 0. The molecule has 1 rings (SSSR count). The van der Waals surface area contributed by atoms with Gasteiger partial charge in [-0.15, -0.1) is 0 Å². The first kappa shape index (κ1) is 16.3. The summed E-state index contributed by atoms with van der Waals surface area (Å²) in [6, 6.07) is 0. The fourth-order valence-electron chi connectivity index (χ4n) is 1.81. The van der Waals surface area contributed by atoms with Gasteiger partial charge >= 0.3 is 0 Å². The SMILES string of the molecule is CC(C)(C)C1CC(=O)N(CCC([NH-])=O)C1=O.[W]. The van der Waals surface area contributed by atoms with Crippen LogP contribution in [0.5, 0.6) is 0 Å². The van der Waals surface area contributed by atoms with Crippen LogP contribution in [-0.2, 0) is 35.4 Å². The van der Waals surface area contributed by atoms with E-state index in [4.69, 9.17) is 5.73 Å². The van der Waals surface area contributed by atoms with Gasteiger partial charge in [-0.2, -0.15) is 0 Å². The summed E-state index contributed by atoms with van der Waals surface area (Å²) in [6.45, 7) is 5.80. The summed E-state index contributed by atoms with van der Waals surface area (Å²) in [4.78, 5) is 35.1. The smallest absolute Gasteiger partial charge is 0.233 e. The Kier molecular flexibility index (Phi) is 5.52. The van der Waals surface area contributed by atoms with Gasteiger partial charge in [-0.3, -0.25) is 14.5 Å². The minimum Gasteiger partial charge on any atom is -0.668 e. The Morgan fingerprint density at radius 1 is 1.41 bits per heavy atom. The number of likely N-dealkylation sites (tertiary alicyclic amines) is 1.